The predicted molar refractivity (Wildman–Crippen MR) is 57.8 cm³/mol. The molecule has 2 rings (SSSR count). The Morgan fingerprint density at radius 1 is 1.60 bits per heavy atom. The lowest BCUT2D eigenvalue weighted by Crippen LogP contribution is -2.83. The third-order valence-corrected chi connectivity index (χ3v) is 2.94. The maximum Gasteiger partial charge on any atom is 0.269 e. The highest BCUT2D eigenvalue weighted by atomic mass is 32.1. The Bertz CT molecular complexity index is 505. The second kappa shape index (κ2) is 4.52. The van der Waals surface area contributed by atoms with E-state index in [-0.39, 0.29) is 12.2 Å². The van der Waals surface area contributed by atoms with Crippen molar-refractivity contribution in [3.63, 3.8) is 0 Å². The van der Waals surface area contributed by atoms with Gasteiger partial charge in [0.25, 0.3) is 5.56 Å². The number of nitrogens with one attached hydrogen (secondary N) is 1. The van der Waals surface area contributed by atoms with Gasteiger partial charge >= 0.3 is 0 Å². The molecule has 0 aliphatic heterocycles. The van der Waals surface area contributed by atoms with Crippen molar-refractivity contribution in [2.45, 2.75) is 6.54 Å². The molecule has 80 valence electrons. The summed E-state index contributed by atoms with van der Waals surface area (Å²) in [5.41, 5.74) is 0.665. The van der Waals surface area contributed by atoms with E-state index in [0.717, 1.165) is 5.52 Å². The molecule has 0 amide bonds. The quantitative estimate of drug-likeness (QED) is 0.587. The zero-order valence-electron chi connectivity index (χ0n) is 8.06. The van der Waals surface area contributed by atoms with Gasteiger partial charge in [-0.15, -0.1) is 11.3 Å². The van der Waals surface area contributed by atoms with Gasteiger partial charge in [-0.25, -0.2) is 4.98 Å². The number of nitrogens with two attached hydrogens (primary N) is 1. The molecule has 15 heavy (non-hydrogen) atoms. The first-order valence-electron chi connectivity index (χ1n) is 4.70. The van der Waals surface area contributed by atoms with E-state index in [1.807, 2.05) is 16.8 Å². The van der Waals surface area contributed by atoms with Crippen molar-refractivity contribution in [1.29, 1.82) is 0 Å². The summed E-state index contributed by atoms with van der Waals surface area (Å²) in [7, 11) is 0. The Labute approximate surface area is 89.8 Å². The van der Waals surface area contributed by atoms with Gasteiger partial charge in [0, 0.05) is 0 Å². The molecule has 0 atom stereocenters. The first kappa shape index (κ1) is 10.3. The normalized spacial score (nSPS) is 11.0. The van der Waals surface area contributed by atoms with Crippen LogP contribution in [-0.4, -0.2) is 28.2 Å². The largest absolute Gasteiger partial charge is 0.391 e. The minimum atomic E-state index is -0.0811. The maximum absolute atomic E-state index is 11.5. The minimum absolute atomic E-state index is 0.0811. The molecule has 4 N–H and O–H groups in total. The second-order valence-corrected chi connectivity index (χ2v) is 4.07. The zero-order chi connectivity index (χ0) is 10.7. The van der Waals surface area contributed by atoms with Crippen LogP contribution >= 0.6 is 11.3 Å². The topological polar surface area (TPSA) is 82.6 Å². The average molecular weight is 226 g/mol. The van der Waals surface area contributed by atoms with E-state index >= 15 is 0 Å². The van der Waals surface area contributed by atoms with Crippen LogP contribution in [0.15, 0.2) is 16.2 Å². The lowest BCUT2D eigenvalue weighted by Gasteiger charge is -1.99. The van der Waals surface area contributed by atoms with Crippen LogP contribution in [0.2, 0.25) is 0 Å². The van der Waals surface area contributed by atoms with Gasteiger partial charge in [0.1, 0.15) is 11.2 Å². The van der Waals surface area contributed by atoms with Gasteiger partial charge < -0.3 is 15.4 Å². The number of fused-ring (bicyclic) bond motifs is 1. The maximum atomic E-state index is 11.5. The van der Waals surface area contributed by atoms with E-state index in [0.29, 0.717) is 23.6 Å². The Hall–Kier alpha value is -1.24. The molecule has 6 heteroatoms. The second-order valence-electron chi connectivity index (χ2n) is 3.15. The van der Waals surface area contributed by atoms with E-state index in [2.05, 4.69) is 9.97 Å². The Kier molecular flexibility index (Phi) is 3.10. The van der Waals surface area contributed by atoms with Gasteiger partial charge in [-0.1, -0.05) is 0 Å². The SMILES string of the molecule is O=c1[nH]c(C[NH2+]CCO)nc2ccsc12. The molecule has 2 aromatic rings. The van der Waals surface area contributed by atoms with E-state index in [4.69, 9.17) is 5.11 Å². The Morgan fingerprint density at radius 2 is 2.47 bits per heavy atom. The molecule has 0 saturated heterocycles. The monoisotopic (exact) mass is 226 g/mol. The van der Waals surface area contributed by atoms with Crippen molar-refractivity contribution in [2.24, 2.45) is 0 Å². The fourth-order valence-corrected chi connectivity index (χ4v) is 2.07. The van der Waals surface area contributed by atoms with Gasteiger partial charge in [0.15, 0.2) is 5.82 Å². The summed E-state index contributed by atoms with van der Waals surface area (Å²) in [6, 6.07) is 1.84. The number of aliphatic hydroxyl groups excluding tert-OH is 1. The standard InChI is InChI=1S/C9H11N3O2S/c13-3-2-10-5-7-11-6-1-4-15-8(6)9(14)12-7/h1,4,10,13H,2-3,5H2,(H,11,12,14)/p+1. The summed E-state index contributed by atoms with van der Waals surface area (Å²) in [5.74, 6) is 0.652. The Balaban J connectivity index is 2.25. The van der Waals surface area contributed by atoms with Crippen LogP contribution in [0.3, 0.4) is 0 Å². The van der Waals surface area contributed by atoms with Gasteiger partial charge in [-0.3, -0.25) is 4.79 Å². The van der Waals surface area contributed by atoms with Crippen molar-refractivity contribution in [3.8, 4) is 0 Å². The fourth-order valence-electron chi connectivity index (χ4n) is 1.35. The number of thiophene rings is 1. The van der Waals surface area contributed by atoms with Crippen molar-refractivity contribution in [1.82, 2.24) is 9.97 Å². The van der Waals surface area contributed by atoms with Crippen LogP contribution in [0.1, 0.15) is 5.82 Å². The summed E-state index contributed by atoms with van der Waals surface area (Å²) in [6.45, 7) is 1.33. The Morgan fingerprint density at radius 3 is 3.27 bits per heavy atom. The number of hydrogen-bond acceptors (Lipinski definition) is 4. The van der Waals surface area contributed by atoms with Crippen LogP contribution in [0.5, 0.6) is 0 Å². The molecule has 0 aromatic carbocycles. The number of rotatable bonds is 4. The molecular weight excluding hydrogens is 214 g/mol. The van der Waals surface area contributed by atoms with E-state index in [1.54, 1.807) is 0 Å². The number of quaternary nitrogens is 1. The number of aromatic nitrogens is 2. The van der Waals surface area contributed by atoms with Crippen LogP contribution in [0.25, 0.3) is 10.2 Å². The van der Waals surface area contributed by atoms with Crippen LogP contribution in [-0.2, 0) is 6.54 Å². The van der Waals surface area contributed by atoms with Crippen LogP contribution in [0.4, 0.5) is 0 Å². The third kappa shape index (κ3) is 2.23. The number of hydrogen-bond donors (Lipinski definition) is 3. The molecule has 0 saturated carbocycles. The zero-order valence-corrected chi connectivity index (χ0v) is 8.88. The lowest BCUT2D eigenvalue weighted by molar-refractivity contribution is -0.672. The van der Waals surface area contributed by atoms with Crippen molar-refractivity contribution in [3.05, 3.63) is 27.6 Å². The highest BCUT2D eigenvalue weighted by Crippen LogP contribution is 2.13. The number of H-pyrrole nitrogens is 1. The molecule has 0 fully saturated rings. The van der Waals surface area contributed by atoms with E-state index < -0.39 is 0 Å². The highest BCUT2D eigenvalue weighted by molar-refractivity contribution is 7.17. The number of nitrogens with zero attached hydrogens (tertiary/aromatic N) is 1. The van der Waals surface area contributed by atoms with Crippen molar-refractivity contribution < 1.29 is 10.4 Å². The van der Waals surface area contributed by atoms with Crippen LogP contribution in [0, 0.1) is 0 Å². The average Bonchev–Trinajstić information content (AvgIpc) is 2.66. The predicted octanol–water partition coefficient (Wildman–Crippen LogP) is -0.960. The van der Waals surface area contributed by atoms with Gasteiger partial charge in [0.2, 0.25) is 0 Å². The fraction of sp³-hybridized carbons (Fsp3) is 0.333. The molecule has 0 radical (unpaired) electrons. The molecule has 0 bridgehead atoms. The minimum Gasteiger partial charge on any atom is -0.391 e. The summed E-state index contributed by atoms with van der Waals surface area (Å²) < 4.78 is 0.668. The van der Waals surface area contributed by atoms with Gasteiger partial charge in [-0.05, 0) is 11.4 Å². The summed E-state index contributed by atoms with van der Waals surface area (Å²) in [4.78, 5) is 18.6. The summed E-state index contributed by atoms with van der Waals surface area (Å²) in [6.07, 6.45) is 0. The van der Waals surface area contributed by atoms with Crippen molar-refractivity contribution in [2.75, 3.05) is 13.2 Å². The van der Waals surface area contributed by atoms with E-state index in [1.165, 1.54) is 11.3 Å². The van der Waals surface area contributed by atoms with E-state index in [9.17, 15) is 4.79 Å². The highest BCUT2D eigenvalue weighted by Gasteiger charge is 2.05. The molecule has 0 unspecified atom stereocenters. The first-order valence-corrected chi connectivity index (χ1v) is 5.58. The number of aliphatic hydroxyl groups is 1. The molecule has 2 heterocycles. The smallest absolute Gasteiger partial charge is 0.269 e. The lowest BCUT2D eigenvalue weighted by atomic mass is 10.4. The van der Waals surface area contributed by atoms with Gasteiger partial charge in [-0.2, -0.15) is 0 Å². The first-order chi connectivity index (χ1) is 7.31. The molecule has 5 nitrogen and oxygen atoms in total. The van der Waals surface area contributed by atoms with Crippen molar-refractivity contribution >= 4 is 21.6 Å². The number of aromatic amines is 1. The van der Waals surface area contributed by atoms with Gasteiger partial charge in [0.05, 0.1) is 18.7 Å². The summed E-state index contributed by atoms with van der Waals surface area (Å²) >= 11 is 1.39. The third-order valence-electron chi connectivity index (χ3n) is 2.03. The molecule has 0 aliphatic rings. The summed E-state index contributed by atoms with van der Waals surface area (Å²) in [5, 5.41) is 12.4. The molecule has 2 aromatic heterocycles. The molecular formula is C9H12N3O2S+. The molecule has 0 spiro atoms. The van der Waals surface area contributed by atoms with Crippen LogP contribution < -0.4 is 10.9 Å². The molecule has 0 aliphatic carbocycles.